The van der Waals surface area contributed by atoms with Crippen LogP contribution in [0.3, 0.4) is 0 Å². The molecule has 3 rings (SSSR count). The highest BCUT2D eigenvalue weighted by Crippen LogP contribution is 2.24. The molecule has 0 unspecified atom stereocenters. The maximum absolute atomic E-state index is 12.2. The van der Waals surface area contributed by atoms with Crippen LogP contribution in [-0.2, 0) is 0 Å². The molecule has 0 amide bonds. The van der Waals surface area contributed by atoms with Gasteiger partial charge < -0.3 is 14.6 Å². The highest BCUT2D eigenvalue weighted by molar-refractivity contribution is 5.91. The van der Waals surface area contributed by atoms with E-state index in [1.165, 1.54) is 12.3 Å². The number of methoxy groups -OCH3 is 1. The zero-order chi connectivity index (χ0) is 19.9. The third kappa shape index (κ3) is 4.54. The van der Waals surface area contributed by atoms with Gasteiger partial charge in [0.1, 0.15) is 17.2 Å². The van der Waals surface area contributed by atoms with Crippen molar-refractivity contribution >= 4 is 17.9 Å². The highest BCUT2D eigenvalue weighted by Gasteiger charge is 2.10. The number of phenolic OH excluding ortho intramolecular Hbond substituents is 1. The molecule has 0 saturated heterocycles. The zero-order valence-electron chi connectivity index (χ0n) is 15.0. The molecule has 6 nitrogen and oxygen atoms in total. The number of rotatable bonds is 5. The molecule has 0 atom stereocenters. The van der Waals surface area contributed by atoms with Gasteiger partial charge >= 0.3 is 5.97 Å². The average molecular weight is 372 g/mol. The standard InChI is InChI=1S/C22H16N2O4/c1-27-19-8-5-16(6-9-19)22(26)28-20-10-7-17(21(25)12-20)14-24-18-4-2-3-15(11-18)13-23/h2-12,14,25H,1H3. The minimum Gasteiger partial charge on any atom is -0.507 e. The van der Waals surface area contributed by atoms with Gasteiger partial charge in [-0.25, -0.2) is 4.79 Å². The Morgan fingerprint density at radius 2 is 1.82 bits per heavy atom. The number of aromatic hydroxyl groups is 1. The number of hydrogen-bond acceptors (Lipinski definition) is 6. The number of carbonyl (C=O) groups excluding carboxylic acids is 1. The number of benzene rings is 3. The minimum absolute atomic E-state index is 0.0831. The van der Waals surface area contributed by atoms with E-state index in [4.69, 9.17) is 14.7 Å². The number of hydrogen-bond donors (Lipinski definition) is 1. The predicted molar refractivity (Wildman–Crippen MR) is 104 cm³/mol. The molecule has 138 valence electrons. The summed E-state index contributed by atoms with van der Waals surface area (Å²) in [5.41, 5.74) is 1.91. The van der Waals surface area contributed by atoms with Crippen molar-refractivity contribution in [1.29, 1.82) is 5.26 Å². The van der Waals surface area contributed by atoms with E-state index in [1.54, 1.807) is 67.8 Å². The first-order chi connectivity index (χ1) is 13.6. The smallest absolute Gasteiger partial charge is 0.343 e. The van der Waals surface area contributed by atoms with Gasteiger partial charge in [0.05, 0.1) is 30.0 Å². The van der Waals surface area contributed by atoms with Crippen LogP contribution < -0.4 is 9.47 Å². The van der Waals surface area contributed by atoms with Crippen LogP contribution in [0.5, 0.6) is 17.2 Å². The largest absolute Gasteiger partial charge is 0.507 e. The number of aliphatic imine (C=N–C) groups is 1. The summed E-state index contributed by atoms with van der Waals surface area (Å²) in [7, 11) is 1.54. The van der Waals surface area contributed by atoms with Gasteiger partial charge in [-0.05, 0) is 54.6 Å². The Labute approximate surface area is 161 Å². The number of esters is 1. The van der Waals surface area contributed by atoms with Crippen molar-refractivity contribution in [3.8, 4) is 23.3 Å². The summed E-state index contributed by atoms with van der Waals surface area (Å²) in [6, 6.07) is 19.8. The molecule has 28 heavy (non-hydrogen) atoms. The molecule has 0 spiro atoms. The van der Waals surface area contributed by atoms with E-state index in [0.29, 0.717) is 28.1 Å². The number of ether oxygens (including phenoxy) is 2. The van der Waals surface area contributed by atoms with Crippen molar-refractivity contribution in [3.63, 3.8) is 0 Å². The van der Waals surface area contributed by atoms with E-state index in [9.17, 15) is 9.90 Å². The van der Waals surface area contributed by atoms with Crippen LogP contribution in [0.1, 0.15) is 21.5 Å². The Morgan fingerprint density at radius 1 is 1.07 bits per heavy atom. The van der Waals surface area contributed by atoms with Gasteiger partial charge in [-0.3, -0.25) is 4.99 Å². The molecule has 0 aliphatic heterocycles. The van der Waals surface area contributed by atoms with E-state index >= 15 is 0 Å². The molecule has 0 bridgehead atoms. The first kappa shape index (κ1) is 18.7. The van der Waals surface area contributed by atoms with Crippen molar-refractivity contribution < 1.29 is 19.4 Å². The number of nitrogens with zero attached hydrogens (tertiary/aromatic N) is 2. The fourth-order valence-electron chi connectivity index (χ4n) is 2.39. The topological polar surface area (TPSA) is 91.9 Å². The summed E-state index contributed by atoms with van der Waals surface area (Å²) >= 11 is 0. The molecule has 0 heterocycles. The van der Waals surface area contributed by atoms with Crippen LogP contribution in [-0.4, -0.2) is 24.4 Å². The van der Waals surface area contributed by atoms with Crippen LogP contribution in [0.25, 0.3) is 0 Å². The van der Waals surface area contributed by atoms with Gasteiger partial charge in [0.15, 0.2) is 0 Å². The fraction of sp³-hybridized carbons (Fsp3) is 0.0455. The maximum Gasteiger partial charge on any atom is 0.343 e. The van der Waals surface area contributed by atoms with Gasteiger partial charge in [-0.1, -0.05) is 6.07 Å². The van der Waals surface area contributed by atoms with E-state index in [0.717, 1.165) is 0 Å². The quantitative estimate of drug-likeness (QED) is 0.411. The lowest BCUT2D eigenvalue weighted by Gasteiger charge is -2.07. The molecule has 6 heteroatoms. The Kier molecular flexibility index (Phi) is 5.68. The third-order valence-electron chi connectivity index (χ3n) is 3.87. The maximum atomic E-state index is 12.2. The lowest BCUT2D eigenvalue weighted by atomic mass is 10.2. The second-order valence-electron chi connectivity index (χ2n) is 5.76. The van der Waals surface area contributed by atoms with E-state index < -0.39 is 5.97 Å². The average Bonchev–Trinajstić information content (AvgIpc) is 2.73. The van der Waals surface area contributed by atoms with Gasteiger partial charge in [-0.15, -0.1) is 0 Å². The van der Waals surface area contributed by atoms with Crippen molar-refractivity contribution in [2.45, 2.75) is 0 Å². The summed E-state index contributed by atoms with van der Waals surface area (Å²) in [6.45, 7) is 0. The van der Waals surface area contributed by atoms with Crippen LogP contribution in [0.15, 0.2) is 71.7 Å². The summed E-state index contributed by atoms with van der Waals surface area (Å²) in [5, 5.41) is 19.1. The molecule has 3 aromatic carbocycles. The molecule has 3 aromatic rings. The number of nitriles is 1. The second kappa shape index (κ2) is 8.52. The fourth-order valence-corrected chi connectivity index (χ4v) is 2.39. The van der Waals surface area contributed by atoms with Crippen molar-refractivity contribution in [2.24, 2.45) is 4.99 Å². The minimum atomic E-state index is -0.545. The molecule has 0 aliphatic rings. The first-order valence-corrected chi connectivity index (χ1v) is 8.32. The SMILES string of the molecule is COc1ccc(C(=O)Oc2ccc(C=Nc3cccc(C#N)c3)c(O)c2)cc1. The highest BCUT2D eigenvalue weighted by atomic mass is 16.5. The van der Waals surface area contributed by atoms with E-state index in [1.807, 2.05) is 6.07 Å². The van der Waals surface area contributed by atoms with Gasteiger partial charge in [-0.2, -0.15) is 5.26 Å². The second-order valence-corrected chi connectivity index (χ2v) is 5.76. The van der Waals surface area contributed by atoms with Gasteiger partial charge in [0.2, 0.25) is 0 Å². The monoisotopic (exact) mass is 372 g/mol. The normalized spacial score (nSPS) is 10.4. The summed E-state index contributed by atoms with van der Waals surface area (Å²) in [6.07, 6.45) is 1.47. The summed E-state index contributed by atoms with van der Waals surface area (Å²) in [5.74, 6) is 0.220. The Balaban J connectivity index is 1.71. The van der Waals surface area contributed by atoms with Crippen LogP contribution in [0.2, 0.25) is 0 Å². The van der Waals surface area contributed by atoms with Crippen molar-refractivity contribution in [1.82, 2.24) is 0 Å². The molecule has 0 aromatic heterocycles. The lowest BCUT2D eigenvalue weighted by Crippen LogP contribution is -2.08. The lowest BCUT2D eigenvalue weighted by molar-refractivity contribution is 0.0734. The zero-order valence-corrected chi connectivity index (χ0v) is 15.0. The van der Waals surface area contributed by atoms with Crippen LogP contribution in [0, 0.1) is 11.3 Å². The molecule has 0 aliphatic carbocycles. The summed E-state index contributed by atoms with van der Waals surface area (Å²) in [4.78, 5) is 16.4. The third-order valence-corrected chi connectivity index (χ3v) is 3.87. The Bertz CT molecular complexity index is 1070. The van der Waals surface area contributed by atoms with Gasteiger partial charge in [0.25, 0.3) is 0 Å². The molecule has 0 radical (unpaired) electrons. The summed E-state index contributed by atoms with van der Waals surface area (Å²) < 4.78 is 10.3. The predicted octanol–water partition coefficient (Wildman–Crippen LogP) is 4.24. The molecular weight excluding hydrogens is 356 g/mol. The molecule has 0 saturated carbocycles. The Morgan fingerprint density at radius 3 is 2.50 bits per heavy atom. The van der Waals surface area contributed by atoms with E-state index in [-0.39, 0.29) is 11.5 Å². The Hall–Kier alpha value is -4.11. The van der Waals surface area contributed by atoms with Crippen molar-refractivity contribution in [2.75, 3.05) is 7.11 Å². The van der Waals surface area contributed by atoms with Crippen LogP contribution in [0.4, 0.5) is 5.69 Å². The van der Waals surface area contributed by atoms with Gasteiger partial charge in [0, 0.05) is 17.8 Å². The number of carbonyl (C=O) groups is 1. The number of phenols is 1. The molecular formula is C22H16N2O4. The molecule has 1 N–H and O–H groups in total. The van der Waals surface area contributed by atoms with Crippen LogP contribution >= 0.6 is 0 Å². The molecule has 0 fully saturated rings. The first-order valence-electron chi connectivity index (χ1n) is 8.32. The van der Waals surface area contributed by atoms with Crippen molar-refractivity contribution in [3.05, 3.63) is 83.4 Å². The van der Waals surface area contributed by atoms with E-state index in [2.05, 4.69) is 4.99 Å².